The number of anilines is 1. The number of nitrogens with zero attached hydrogens (tertiary/aromatic N) is 2. The molecule has 0 bridgehead atoms. The average Bonchev–Trinajstić information content (AvgIpc) is 2.32. The van der Waals surface area contributed by atoms with Crippen molar-refractivity contribution >= 4 is 31.7 Å². The first-order valence-electron chi connectivity index (χ1n) is 4.83. The lowest BCUT2D eigenvalue weighted by Gasteiger charge is -2.37. The van der Waals surface area contributed by atoms with Gasteiger partial charge in [0.05, 0.1) is 11.3 Å². The molecule has 1 aromatic carbocycles. The number of amides is 1. The number of alkyl halides is 1. The molecule has 6 heteroatoms. The molecule has 1 unspecified atom stereocenters. The molecule has 1 aliphatic rings. The third-order valence-electron chi connectivity index (χ3n) is 2.46. The van der Waals surface area contributed by atoms with Crippen molar-refractivity contribution in [2.45, 2.75) is 0 Å². The second-order valence-electron chi connectivity index (χ2n) is 3.40. The van der Waals surface area contributed by atoms with Crippen LogP contribution in [0.1, 0.15) is 10.4 Å². The van der Waals surface area contributed by atoms with Crippen molar-refractivity contribution in [3.05, 3.63) is 29.8 Å². The van der Waals surface area contributed by atoms with E-state index in [0.29, 0.717) is 11.3 Å². The van der Waals surface area contributed by atoms with Crippen molar-refractivity contribution in [3.63, 3.8) is 0 Å². The summed E-state index contributed by atoms with van der Waals surface area (Å²) >= 11 is 5.57. The molecule has 3 nitrogen and oxygen atoms in total. The van der Waals surface area contributed by atoms with Gasteiger partial charge in [0.15, 0.2) is 0 Å². The Morgan fingerprint density at radius 1 is 1.44 bits per heavy atom. The molecule has 1 aliphatic heterocycles. The van der Waals surface area contributed by atoms with Crippen molar-refractivity contribution in [2.75, 3.05) is 24.1 Å². The summed E-state index contributed by atoms with van der Waals surface area (Å²) in [5, 5.41) is 0. The van der Waals surface area contributed by atoms with Crippen molar-refractivity contribution in [2.24, 2.45) is 0 Å². The maximum Gasteiger partial charge on any atom is 0.295 e. The molecule has 1 heterocycles. The van der Waals surface area contributed by atoms with E-state index in [4.69, 9.17) is 11.6 Å². The van der Waals surface area contributed by atoms with Crippen LogP contribution in [0.25, 0.3) is 0 Å². The highest BCUT2D eigenvalue weighted by Crippen LogP contribution is 2.52. The number of hydrogen-bond acceptors (Lipinski definition) is 2. The minimum Gasteiger partial charge on any atom is -0.310 e. The van der Waals surface area contributed by atoms with E-state index in [9.17, 15) is 8.99 Å². The molecular weight excluding hydrogens is 250 g/mol. The second-order valence-corrected chi connectivity index (χ2v) is 5.34. The minimum absolute atomic E-state index is 0.237. The Balaban J connectivity index is 2.43. The van der Waals surface area contributed by atoms with Crippen LogP contribution in [0.3, 0.4) is 0 Å². The summed E-state index contributed by atoms with van der Waals surface area (Å²) in [5.74, 6) is -0.0345. The van der Waals surface area contributed by atoms with Crippen LogP contribution in [-0.2, 0) is 0 Å². The van der Waals surface area contributed by atoms with Gasteiger partial charge in [0.25, 0.3) is 14.4 Å². The molecule has 0 saturated carbocycles. The van der Waals surface area contributed by atoms with Crippen molar-refractivity contribution < 1.29 is 8.99 Å². The van der Waals surface area contributed by atoms with Crippen LogP contribution in [0.5, 0.6) is 0 Å². The average molecular weight is 261 g/mol. The molecule has 16 heavy (non-hydrogen) atoms. The summed E-state index contributed by atoms with van der Waals surface area (Å²) in [6.07, 6.45) is 0. The monoisotopic (exact) mass is 260 g/mol. The SMILES string of the molecule is CN1c2ccccc2C(=O)N(CCCl)P1F. The van der Waals surface area contributed by atoms with E-state index in [0.717, 1.165) is 0 Å². The third kappa shape index (κ3) is 1.76. The van der Waals surface area contributed by atoms with Gasteiger partial charge in [-0.2, -0.15) is 4.20 Å². The van der Waals surface area contributed by atoms with E-state index in [2.05, 4.69) is 0 Å². The topological polar surface area (TPSA) is 23.6 Å². The van der Waals surface area contributed by atoms with Gasteiger partial charge < -0.3 is 4.67 Å². The predicted octanol–water partition coefficient (Wildman–Crippen LogP) is 3.01. The van der Waals surface area contributed by atoms with Gasteiger partial charge >= 0.3 is 0 Å². The van der Waals surface area contributed by atoms with Crippen molar-refractivity contribution in [1.29, 1.82) is 0 Å². The van der Waals surface area contributed by atoms with E-state index < -0.39 is 8.53 Å². The maximum atomic E-state index is 14.0. The number of carbonyl (C=O) groups is 1. The lowest BCUT2D eigenvalue weighted by Crippen LogP contribution is -2.37. The zero-order chi connectivity index (χ0) is 11.7. The van der Waals surface area contributed by atoms with Gasteiger partial charge in [0.2, 0.25) is 0 Å². The van der Waals surface area contributed by atoms with Crippen LogP contribution in [0, 0.1) is 0 Å². The molecule has 1 atom stereocenters. The lowest BCUT2D eigenvalue weighted by atomic mass is 10.1. The van der Waals surface area contributed by atoms with E-state index >= 15 is 0 Å². The first-order chi connectivity index (χ1) is 7.66. The highest BCUT2D eigenvalue weighted by molar-refractivity contribution is 7.52. The summed E-state index contributed by atoms with van der Waals surface area (Å²) in [5.41, 5.74) is 1.18. The Hall–Kier alpha value is -0.860. The number of halogens is 2. The number of benzene rings is 1. The van der Waals surface area contributed by atoms with Crippen LogP contribution >= 0.6 is 20.1 Å². The number of fused-ring (bicyclic) bond motifs is 1. The van der Waals surface area contributed by atoms with Gasteiger partial charge in [0, 0.05) is 19.5 Å². The molecule has 0 aliphatic carbocycles. The molecule has 0 radical (unpaired) electrons. The van der Waals surface area contributed by atoms with E-state index in [1.165, 1.54) is 9.34 Å². The summed E-state index contributed by atoms with van der Waals surface area (Å²) in [6, 6.07) is 7.02. The standard InChI is InChI=1S/C10H11ClFN2OP/c1-13-9-5-3-2-4-8(9)10(15)14(7-6-11)16(13)12/h2-5H,6-7H2,1H3. The van der Waals surface area contributed by atoms with E-state index in [1.54, 1.807) is 31.3 Å². The van der Waals surface area contributed by atoms with Crippen LogP contribution in [0.2, 0.25) is 0 Å². The quantitative estimate of drug-likeness (QED) is 0.603. The first-order valence-corrected chi connectivity index (χ1v) is 6.50. The lowest BCUT2D eigenvalue weighted by molar-refractivity contribution is 0.0863. The zero-order valence-corrected chi connectivity index (χ0v) is 10.4. The van der Waals surface area contributed by atoms with E-state index in [1.807, 2.05) is 0 Å². The number of para-hydroxylation sites is 1. The summed E-state index contributed by atoms with van der Waals surface area (Å²) < 4.78 is 16.7. The Labute approximate surface area is 99.8 Å². The summed E-state index contributed by atoms with van der Waals surface area (Å²) in [6.45, 7) is 0.237. The molecular formula is C10H11ClFN2OP. The van der Waals surface area contributed by atoms with Gasteiger partial charge in [-0.3, -0.25) is 9.46 Å². The Morgan fingerprint density at radius 2 is 2.12 bits per heavy atom. The van der Waals surface area contributed by atoms with Gasteiger partial charge in [-0.25, -0.2) is 0 Å². The molecule has 1 amide bonds. The highest BCUT2D eigenvalue weighted by atomic mass is 35.5. The molecule has 0 spiro atoms. The first kappa shape index (κ1) is 11.6. The molecule has 0 fully saturated rings. The fraction of sp³-hybridized carbons (Fsp3) is 0.300. The fourth-order valence-electron chi connectivity index (χ4n) is 1.67. The fourth-order valence-corrected chi connectivity index (χ4v) is 3.15. The number of carbonyl (C=O) groups excluding carboxylic acids is 1. The molecule has 0 saturated heterocycles. The number of hydrogen-bond donors (Lipinski definition) is 0. The van der Waals surface area contributed by atoms with Crippen molar-refractivity contribution in [3.8, 4) is 0 Å². The zero-order valence-electron chi connectivity index (χ0n) is 8.73. The maximum absolute atomic E-state index is 14.0. The molecule has 0 aromatic heterocycles. The Bertz CT molecular complexity index is 418. The van der Waals surface area contributed by atoms with Gasteiger partial charge in [-0.1, -0.05) is 12.1 Å². The van der Waals surface area contributed by atoms with Crippen molar-refractivity contribution in [1.82, 2.24) is 4.67 Å². The molecule has 2 rings (SSSR count). The van der Waals surface area contributed by atoms with Crippen LogP contribution in [0.15, 0.2) is 24.3 Å². The normalized spacial score (nSPS) is 19.9. The van der Waals surface area contributed by atoms with Gasteiger partial charge in [0.1, 0.15) is 0 Å². The molecule has 86 valence electrons. The van der Waals surface area contributed by atoms with E-state index in [-0.39, 0.29) is 18.3 Å². The predicted molar refractivity (Wildman–Crippen MR) is 64.6 cm³/mol. The van der Waals surface area contributed by atoms with Crippen LogP contribution in [0.4, 0.5) is 9.88 Å². The third-order valence-corrected chi connectivity index (χ3v) is 4.12. The van der Waals surface area contributed by atoms with Crippen LogP contribution < -0.4 is 4.67 Å². The van der Waals surface area contributed by atoms with Gasteiger partial charge in [-0.05, 0) is 12.1 Å². The van der Waals surface area contributed by atoms with Gasteiger partial charge in [-0.15, -0.1) is 11.6 Å². The second kappa shape index (κ2) is 4.56. The summed E-state index contributed by atoms with van der Waals surface area (Å²) in [4.78, 5) is 12.0. The minimum atomic E-state index is -2.12. The summed E-state index contributed by atoms with van der Waals surface area (Å²) in [7, 11) is -0.464. The molecule has 0 N–H and O–H groups in total. The Kier molecular flexibility index (Phi) is 3.31. The highest BCUT2D eigenvalue weighted by Gasteiger charge is 2.36. The smallest absolute Gasteiger partial charge is 0.295 e. The largest absolute Gasteiger partial charge is 0.310 e. The Morgan fingerprint density at radius 3 is 2.81 bits per heavy atom. The molecule has 1 aromatic rings. The number of rotatable bonds is 2. The van der Waals surface area contributed by atoms with Crippen LogP contribution in [-0.4, -0.2) is 30.1 Å².